The van der Waals surface area contributed by atoms with Gasteiger partial charge in [-0.25, -0.2) is 12.8 Å². The fourth-order valence-corrected chi connectivity index (χ4v) is 9.38. The average molecular weight is 712 g/mol. The molecule has 266 valence electrons. The molecule has 16 heteroatoms. The minimum atomic E-state index is -6.37. The monoisotopic (exact) mass is 711 g/mol. The van der Waals surface area contributed by atoms with E-state index in [0.29, 0.717) is 37.2 Å². The topological polar surface area (TPSA) is 110 Å². The number of alkyl halides is 7. The average Bonchev–Trinajstić information content (AvgIpc) is 3.03. The molecule has 48 heavy (non-hydrogen) atoms. The van der Waals surface area contributed by atoms with Crippen molar-refractivity contribution < 1.29 is 63.3 Å². The molecule has 2 aromatic carbocycles. The number of hydrogen-bond acceptors (Lipinski definition) is 6. The molecule has 3 aliphatic rings. The number of rotatable bonds is 6. The largest absolute Gasteiger partial charge is 0.494 e. The van der Waals surface area contributed by atoms with Crippen LogP contribution in [0.3, 0.4) is 0 Å². The molecule has 1 N–H and O–H groups in total. The molecule has 0 spiro atoms. The van der Waals surface area contributed by atoms with Crippen LogP contribution in [0.2, 0.25) is 0 Å². The van der Waals surface area contributed by atoms with Gasteiger partial charge in [-0.1, -0.05) is 19.1 Å². The smallest absolute Gasteiger partial charge is 0.435 e. The van der Waals surface area contributed by atoms with Gasteiger partial charge in [-0.2, -0.15) is 26.3 Å². The lowest BCUT2D eigenvalue weighted by Gasteiger charge is -2.52. The molecule has 2 aliphatic heterocycles. The summed E-state index contributed by atoms with van der Waals surface area (Å²) in [5, 5.41) is 6.89. The third kappa shape index (κ3) is 6.31. The summed E-state index contributed by atoms with van der Waals surface area (Å²) in [5.41, 5.74) is -7.74. The Balaban J connectivity index is 0.00000167. The number of amides is 1. The first-order valence-corrected chi connectivity index (χ1v) is 16.8. The van der Waals surface area contributed by atoms with Gasteiger partial charge in [-0.15, -0.1) is 0 Å². The molecule has 2 heterocycles. The maximum Gasteiger partial charge on any atom is 0.435 e. The number of benzene rings is 2. The van der Waals surface area contributed by atoms with E-state index in [1.54, 1.807) is 6.92 Å². The molecule has 1 saturated heterocycles. The molecule has 0 radical (unpaired) electrons. The van der Waals surface area contributed by atoms with E-state index in [4.69, 9.17) is 19.4 Å². The minimum Gasteiger partial charge on any atom is -0.494 e. The third-order valence-corrected chi connectivity index (χ3v) is 12.0. The van der Waals surface area contributed by atoms with Crippen molar-refractivity contribution in [3.63, 3.8) is 0 Å². The summed E-state index contributed by atoms with van der Waals surface area (Å²) in [4.78, 5) is 23.6. The zero-order valence-electron chi connectivity index (χ0n) is 26.1. The summed E-state index contributed by atoms with van der Waals surface area (Å²) in [7, 11) is -4.51. The molecular formula is C32H36F7NO7S. The number of carbonyl (C=O) groups is 2. The lowest BCUT2D eigenvalue weighted by atomic mass is 9.77. The second-order valence-electron chi connectivity index (χ2n) is 12.2. The van der Waals surface area contributed by atoms with Crippen molar-refractivity contribution >= 4 is 22.2 Å². The number of carbonyl (C=O) groups excluding carboxylic acids is 1. The van der Waals surface area contributed by atoms with Gasteiger partial charge in [0.05, 0.1) is 17.5 Å². The van der Waals surface area contributed by atoms with Crippen molar-refractivity contribution in [1.29, 1.82) is 0 Å². The van der Waals surface area contributed by atoms with Crippen LogP contribution in [0.25, 0.3) is 0 Å². The first-order chi connectivity index (χ1) is 22.4. The molecule has 1 aliphatic carbocycles. The second kappa shape index (κ2) is 13.7. The van der Waals surface area contributed by atoms with E-state index in [1.165, 1.54) is 29.2 Å². The maximum atomic E-state index is 15.0. The zero-order valence-corrected chi connectivity index (χ0v) is 26.9. The summed E-state index contributed by atoms with van der Waals surface area (Å²) in [6.07, 6.45) is -9.81. The van der Waals surface area contributed by atoms with Crippen LogP contribution in [-0.2, 0) is 29.8 Å². The lowest BCUT2D eigenvalue weighted by Crippen LogP contribution is -2.64. The van der Waals surface area contributed by atoms with Crippen LogP contribution in [0.1, 0.15) is 63.5 Å². The lowest BCUT2D eigenvalue weighted by molar-refractivity contribution is -0.348. The van der Waals surface area contributed by atoms with Gasteiger partial charge in [0.15, 0.2) is 9.84 Å². The highest BCUT2D eigenvalue weighted by Crippen LogP contribution is 2.57. The number of likely N-dealkylation sites (tertiary alicyclic amines) is 1. The number of halogens is 7. The van der Waals surface area contributed by atoms with Crippen molar-refractivity contribution in [3.8, 4) is 11.5 Å². The Morgan fingerprint density at radius 1 is 1.02 bits per heavy atom. The van der Waals surface area contributed by atoms with Gasteiger partial charge in [0.1, 0.15) is 22.9 Å². The Labute approximate surface area is 273 Å². The van der Waals surface area contributed by atoms with Gasteiger partial charge >= 0.3 is 18.0 Å². The SMILES string of the molecule is CCOc1ccc(S(=O)(=O)C23CCCN(C(=O)C4CCC(C)CC4)C2COc2cc(C(F)(C(F)(F)F)C(F)(F)F)ccc23)cc1.O=CO. The molecule has 8 nitrogen and oxygen atoms in total. The molecule has 1 saturated carbocycles. The van der Waals surface area contributed by atoms with Crippen molar-refractivity contribution in [2.45, 2.75) is 86.1 Å². The standard InChI is InChI=1S/C31H34F7NO5S.CH2O2/c1-3-43-22-10-12-23(13-11-22)45(41,42)28-15-4-16-39(27(40)20-7-5-19(2)6-8-20)26(28)18-44-25-17-21(9-14-24(25)28)29(32,30(33,34)35)31(36,37)38;2-1-3/h9-14,17,19-20,26H,3-8,15-16,18H2,1-2H3;1H,(H,2,3). The van der Waals surface area contributed by atoms with E-state index in [2.05, 4.69) is 6.92 Å². The van der Waals surface area contributed by atoms with Gasteiger partial charge in [-0.3, -0.25) is 9.59 Å². The molecule has 2 atom stereocenters. The van der Waals surface area contributed by atoms with Gasteiger partial charge < -0.3 is 19.5 Å². The Hall–Kier alpha value is -3.56. The molecule has 0 aromatic heterocycles. The summed E-state index contributed by atoms with van der Waals surface area (Å²) in [6.45, 7) is 3.56. The summed E-state index contributed by atoms with van der Waals surface area (Å²) < 4.78 is 135. The van der Waals surface area contributed by atoms with E-state index in [1.807, 2.05) is 0 Å². The van der Waals surface area contributed by atoms with Crippen molar-refractivity contribution in [3.05, 3.63) is 53.6 Å². The van der Waals surface area contributed by atoms with Gasteiger partial charge in [-0.05, 0) is 81.7 Å². The first-order valence-electron chi connectivity index (χ1n) is 15.4. The van der Waals surface area contributed by atoms with Crippen LogP contribution in [0.15, 0.2) is 47.4 Å². The van der Waals surface area contributed by atoms with E-state index >= 15 is 4.39 Å². The predicted molar refractivity (Wildman–Crippen MR) is 158 cm³/mol. The zero-order chi connectivity index (χ0) is 35.7. The van der Waals surface area contributed by atoms with Crippen LogP contribution in [0.5, 0.6) is 11.5 Å². The normalized spacial score (nSPS) is 24.6. The summed E-state index contributed by atoms with van der Waals surface area (Å²) in [5.74, 6) is -0.426. The molecule has 0 bridgehead atoms. The summed E-state index contributed by atoms with van der Waals surface area (Å²) >= 11 is 0. The maximum absolute atomic E-state index is 15.0. The number of fused-ring (bicyclic) bond motifs is 3. The van der Waals surface area contributed by atoms with Crippen LogP contribution >= 0.6 is 0 Å². The van der Waals surface area contributed by atoms with Gasteiger partial charge in [0.2, 0.25) is 5.91 Å². The van der Waals surface area contributed by atoms with Crippen molar-refractivity contribution in [2.75, 3.05) is 19.8 Å². The van der Waals surface area contributed by atoms with E-state index in [0.717, 1.165) is 18.9 Å². The minimum absolute atomic E-state index is 0.103. The van der Waals surface area contributed by atoms with Crippen LogP contribution in [0, 0.1) is 11.8 Å². The van der Waals surface area contributed by atoms with E-state index < -0.39 is 56.6 Å². The Bertz CT molecular complexity index is 1560. The van der Waals surface area contributed by atoms with E-state index in [-0.39, 0.29) is 54.2 Å². The highest BCUT2D eigenvalue weighted by Gasteiger charge is 2.74. The molecule has 2 aromatic rings. The highest BCUT2D eigenvalue weighted by atomic mass is 32.2. The Morgan fingerprint density at radius 3 is 2.15 bits per heavy atom. The molecule has 2 unspecified atom stereocenters. The predicted octanol–water partition coefficient (Wildman–Crippen LogP) is 6.95. The van der Waals surface area contributed by atoms with E-state index in [9.17, 15) is 39.6 Å². The second-order valence-corrected chi connectivity index (χ2v) is 14.4. The van der Waals surface area contributed by atoms with Crippen molar-refractivity contribution in [2.24, 2.45) is 11.8 Å². The number of hydrogen-bond donors (Lipinski definition) is 1. The van der Waals surface area contributed by atoms with Gasteiger partial charge in [0.25, 0.3) is 6.47 Å². The number of carboxylic acid groups (broad SMARTS) is 1. The van der Waals surface area contributed by atoms with Crippen LogP contribution in [0.4, 0.5) is 30.7 Å². The number of ether oxygens (including phenoxy) is 2. The molecular weight excluding hydrogens is 675 g/mol. The molecule has 2 fully saturated rings. The van der Waals surface area contributed by atoms with Crippen molar-refractivity contribution in [1.82, 2.24) is 4.90 Å². The Kier molecular flexibility index (Phi) is 10.7. The quantitative estimate of drug-likeness (QED) is 0.255. The summed E-state index contributed by atoms with van der Waals surface area (Å²) in [6, 6.07) is 5.70. The molecule has 1 amide bonds. The van der Waals surface area contributed by atoms with Crippen LogP contribution in [-0.4, -0.2) is 69.0 Å². The molecule has 5 rings (SSSR count). The highest BCUT2D eigenvalue weighted by molar-refractivity contribution is 7.92. The van der Waals surface area contributed by atoms with Crippen LogP contribution < -0.4 is 9.47 Å². The van der Waals surface area contributed by atoms with Gasteiger partial charge in [0, 0.05) is 23.6 Å². The fourth-order valence-electron chi connectivity index (χ4n) is 7.04. The fraction of sp³-hybridized carbons (Fsp3) is 0.562. The third-order valence-electron chi connectivity index (χ3n) is 9.45. The number of piperidine rings is 1. The number of sulfone groups is 1. The Morgan fingerprint density at radius 2 is 1.60 bits per heavy atom. The first kappa shape index (κ1) is 37.3. The number of nitrogens with zero attached hydrogens (tertiary/aromatic N) is 1.